The molecule has 0 aromatic rings. The molecule has 88 valence electrons. The van der Waals surface area contributed by atoms with E-state index in [1.165, 1.54) is 29.6 Å². The summed E-state index contributed by atoms with van der Waals surface area (Å²) in [6, 6.07) is 0. The van der Waals surface area contributed by atoms with E-state index in [1.807, 2.05) is 0 Å². The lowest BCUT2D eigenvalue weighted by molar-refractivity contribution is -0.123. The Bertz CT molecular complexity index is 360. The number of carbonyl (C=O) groups is 1. The summed E-state index contributed by atoms with van der Waals surface area (Å²) in [4.78, 5) is 12.1. The molecule has 0 N–H and O–H groups in total. The molecular weight excluding hydrogens is 196 g/mol. The minimum Gasteiger partial charge on any atom is -0.299 e. The fourth-order valence-electron chi connectivity index (χ4n) is 3.20. The van der Waals surface area contributed by atoms with Gasteiger partial charge in [-0.25, -0.2) is 0 Å². The van der Waals surface area contributed by atoms with Crippen LogP contribution < -0.4 is 0 Å². The second-order valence-electron chi connectivity index (χ2n) is 5.75. The van der Waals surface area contributed by atoms with Crippen molar-refractivity contribution in [2.24, 2.45) is 17.8 Å². The molecular formula is C15H22O. The highest BCUT2D eigenvalue weighted by Gasteiger charge is 2.35. The molecule has 16 heavy (non-hydrogen) atoms. The molecule has 0 aromatic carbocycles. The van der Waals surface area contributed by atoms with Crippen molar-refractivity contribution in [3.8, 4) is 0 Å². The molecule has 2 atom stereocenters. The highest BCUT2D eigenvalue weighted by molar-refractivity contribution is 5.84. The number of fused-ring (bicyclic) bond motifs is 1. The Morgan fingerprint density at radius 1 is 1.38 bits per heavy atom. The highest BCUT2D eigenvalue weighted by Crippen LogP contribution is 2.44. The summed E-state index contributed by atoms with van der Waals surface area (Å²) in [6.07, 6.45) is 4.01. The molecule has 2 aliphatic carbocycles. The largest absolute Gasteiger partial charge is 0.299 e. The number of carbonyl (C=O) groups excluding carboxylic acids is 1. The Kier molecular flexibility index (Phi) is 3.05. The van der Waals surface area contributed by atoms with Crippen LogP contribution in [0.5, 0.6) is 0 Å². The zero-order valence-corrected chi connectivity index (χ0v) is 10.7. The van der Waals surface area contributed by atoms with Crippen LogP contribution in [-0.4, -0.2) is 5.78 Å². The van der Waals surface area contributed by atoms with Gasteiger partial charge in [0.25, 0.3) is 0 Å². The van der Waals surface area contributed by atoms with E-state index in [-0.39, 0.29) is 5.92 Å². The molecule has 0 aliphatic heterocycles. The van der Waals surface area contributed by atoms with Gasteiger partial charge in [0, 0.05) is 18.3 Å². The lowest BCUT2D eigenvalue weighted by atomic mass is 9.85. The van der Waals surface area contributed by atoms with Crippen molar-refractivity contribution in [3.63, 3.8) is 0 Å². The molecule has 1 heteroatoms. The summed E-state index contributed by atoms with van der Waals surface area (Å²) >= 11 is 0. The van der Waals surface area contributed by atoms with Crippen molar-refractivity contribution in [2.75, 3.05) is 0 Å². The summed E-state index contributed by atoms with van der Waals surface area (Å²) < 4.78 is 0. The standard InChI is InChI=1S/C15H22O/c1-9(2)13-8-14-10(3)5-6-12(14)11(4)7-15(13)16/h9,12-13H,4-8H2,1-3H3. The van der Waals surface area contributed by atoms with Gasteiger partial charge in [0.2, 0.25) is 0 Å². The normalized spacial score (nSPS) is 31.0. The summed E-state index contributed by atoms with van der Waals surface area (Å²) in [5.74, 6) is 1.62. The quantitative estimate of drug-likeness (QED) is 0.610. The lowest BCUT2D eigenvalue weighted by Gasteiger charge is -2.18. The van der Waals surface area contributed by atoms with E-state index in [4.69, 9.17) is 0 Å². The summed E-state index contributed by atoms with van der Waals surface area (Å²) in [6.45, 7) is 10.7. The van der Waals surface area contributed by atoms with E-state index in [9.17, 15) is 4.79 Å². The fourth-order valence-corrected chi connectivity index (χ4v) is 3.20. The number of allylic oxidation sites excluding steroid dienone is 3. The molecule has 0 saturated heterocycles. The van der Waals surface area contributed by atoms with Gasteiger partial charge in [-0.15, -0.1) is 0 Å². The fraction of sp³-hybridized carbons (Fsp3) is 0.667. The highest BCUT2D eigenvalue weighted by atomic mass is 16.1. The van der Waals surface area contributed by atoms with E-state index < -0.39 is 0 Å². The third kappa shape index (κ3) is 1.88. The Labute approximate surface area is 98.6 Å². The van der Waals surface area contributed by atoms with Crippen LogP contribution in [0.25, 0.3) is 0 Å². The van der Waals surface area contributed by atoms with E-state index in [2.05, 4.69) is 27.4 Å². The van der Waals surface area contributed by atoms with Crippen LogP contribution in [0, 0.1) is 17.8 Å². The van der Waals surface area contributed by atoms with Crippen molar-refractivity contribution in [3.05, 3.63) is 23.3 Å². The van der Waals surface area contributed by atoms with Gasteiger partial charge in [0.15, 0.2) is 0 Å². The topological polar surface area (TPSA) is 17.1 Å². The van der Waals surface area contributed by atoms with E-state index in [0.717, 1.165) is 6.42 Å². The first kappa shape index (κ1) is 11.6. The van der Waals surface area contributed by atoms with E-state index in [1.54, 1.807) is 0 Å². The zero-order chi connectivity index (χ0) is 11.9. The van der Waals surface area contributed by atoms with Crippen LogP contribution in [0.1, 0.15) is 46.5 Å². The van der Waals surface area contributed by atoms with E-state index in [0.29, 0.717) is 24.0 Å². The molecule has 0 radical (unpaired) electrons. The van der Waals surface area contributed by atoms with Crippen molar-refractivity contribution in [2.45, 2.75) is 46.5 Å². The monoisotopic (exact) mass is 218 g/mol. The maximum absolute atomic E-state index is 12.1. The van der Waals surface area contributed by atoms with Gasteiger partial charge in [0.1, 0.15) is 5.78 Å². The first-order chi connectivity index (χ1) is 7.50. The third-order valence-corrected chi connectivity index (χ3v) is 4.33. The predicted octanol–water partition coefficient (Wildman–Crippen LogP) is 3.90. The van der Waals surface area contributed by atoms with Gasteiger partial charge in [-0.05, 0) is 32.1 Å². The molecule has 0 aromatic heterocycles. The van der Waals surface area contributed by atoms with Gasteiger partial charge in [-0.2, -0.15) is 0 Å². The Balaban J connectivity index is 2.33. The average Bonchev–Trinajstić information content (AvgIpc) is 2.49. The van der Waals surface area contributed by atoms with Gasteiger partial charge >= 0.3 is 0 Å². The van der Waals surface area contributed by atoms with E-state index >= 15 is 0 Å². The maximum Gasteiger partial charge on any atom is 0.140 e. The number of ketones is 1. The van der Waals surface area contributed by atoms with Crippen LogP contribution in [0.3, 0.4) is 0 Å². The Morgan fingerprint density at radius 2 is 2.06 bits per heavy atom. The van der Waals surface area contributed by atoms with Crippen LogP contribution >= 0.6 is 0 Å². The first-order valence-corrected chi connectivity index (χ1v) is 6.39. The van der Waals surface area contributed by atoms with Crippen molar-refractivity contribution in [1.29, 1.82) is 0 Å². The molecule has 1 nitrogen and oxygen atoms in total. The van der Waals surface area contributed by atoms with Gasteiger partial charge in [-0.1, -0.05) is 37.1 Å². The van der Waals surface area contributed by atoms with Crippen LogP contribution in [0.2, 0.25) is 0 Å². The third-order valence-electron chi connectivity index (χ3n) is 4.33. The maximum atomic E-state index is 12.1. The second kappa shape index (κ2) is 4.20. The number of hydrogen-bond acceptors (Lipinski definition) is 1. The minimum atomic E-state index is 0.227. The minimum absolute atomic E-state index is 0.227. The SMILES string of the molecule is C=C1CC(=O)C(C(C)C)CC2=C(C)CCC12. The first-order valence-electron chi connectivity index (χ1n) is 6.39. The number of hydrogen-bond donors (Lipinski definition) is 0. The molecule has 1 saturated carbocycles. The molecule has 0 spiro atoms. The average molecular weight is 218 g/mol. The Morgan fingerprint density at radius 3 is 2.69 bits per heavy atom. The summed E-state index contributed by atoms with van der Waals surface area (Å²) in [5.41, 5.74) is 4.22. The number of rotatable bonds is 1. The van der Waals surface area contributed by atoms with Crippen LogP contribution in [0.4, 0.5) is 0 Å². The Hall–Kier alpha value is -0.850. The smallest absolute Gasteiger partial charge is 0.140 e. The molecule has 2 rings (SSSR count). The summed E-state index contributed by atoms with van der Waals surface area (Å²) in [7, 11) is 0. The number of Topliss-reactive ketones (excluding diaryl/α,β-unsaturated/α-hetero) is 1. The molecule has 2 unspecified atom stereocenters. The molecule has 0 heterocycles. The van der Waals surface area contributed by atoms with Crippen molar-refractivity contribution < 1.29 is 4.79 Å². The van der Waals surface area contributed by atoms with Crippen LogP contribution in [0.15, 0.2) is 23.3 Å². The molecule has 0 amide bonds. The molecule has 2 aliphatic rings. The predicted molar refractivity (Wildman–Crippen MR) is 67.1 cm³/mol. The molecule has 1 fully saturated rings. The zero-order valence-electron chi connectivity index (χ0n) is 10.7. The van der Waals surface area contributed by atoms with Gasteiger partial charge in [0.05, 0.1) is 0 Å². The lowest BCUT2D eigenvalue weighted by Crippen LogP contribution is -2.19. The molecule has 0 bridgehead atoms. The van der Waals surface area contributed by atoms with Crippen molar-refractivity contribution in [1.82, 2.24) is 0 Å². The van der Waals surface area contributed by atoms with Gasteiger partial charge in [-0.3, -0.25) is 4.79 Å². The second-order valence-corrected chi connectivity index (χ2v) is 5.75. The van der Waals surface area contributed by atoms with Gasteiger partial charge < -0.3 is 0 Å². The summed E-state index contributed by atoms with van der Waals surface area (Å²) in [5, 5.41) is 0. The van der Waals surface area contributed by atoms with Crippen molar-refractivity contribution >= 4 is 5.78 Å². The van der Waals surface area contributed by atoms with Crippen LogP contribution in [-0.2, 0) is 4.79 Å².